The number of carbonyl (C=O) groups is 2. The molecule has 2 rings (SSSR count). The second-order valence-corrected chi connectivity index (χ2v) is 6.49. The maximum Gasteiger partial charge on any atom is 0.404 e. The Bertz CT molecular complexity index is 711. The van der Waals surface area contributed by atoms with Crippen LogP contribution in [-0.4, -0.2) is 54.7 Å². The van der Waals surface area contributed by atoms with E-state index in [-0.39, 0.29) is 24.4 Å². The summed E-state index contributed by atoms with van der Waals surface area (Å²) >= 11 is 0. The lowest BCUT2D eigenvalue weighted by molar-refractivity contribution is -0.383. The number of carbonyl (C=O) groups excluding carboxylic acids is 2. The average Bonchev–Trinajstić information content (AvgIpc) is 2.93. The highest BCUT2D eigenvalue weighted by atomic mass is 16.6. The topological polar surface area (TPSA) is 131 Å². The minimum atomic E-state index is -0.800. The quantitative estimate of drug-likeness (QED) is 0.385. The van der Waals surface area contributed by atoms with E-state index in [1.54, 1.807) is 29.0 Å². The van der Waals surface area contributed by atoms with Gasteiger partial charge >= 0.3 is 12.1 Å². The van der Waals surface area contributed by atoms with Gasteiger partial charge in [0.25, 0.3) is 5.69 Å². The Labute approximate surface area is 157 Å². The summed E-state index contributed by atoms with van der Waals surface area (Å²) in [5.41, 5.74) is 5.68. The summed E-state index contributed by atoms with van der Waals surface area (Å²) in [7, 11) is 1.70. The second-order valence-electron chi connectivity index (χ2n) is 6.49. The number of para-hydroxylation sites is 1. The van der Waals surface area contributed by atoms with Crippen LogP contribution in [0, 0.1) is 10.1 Å². The number of unbranched alkanes of at least 4 members (excludes halogenated alkanes) is 1. The van der Waals surface area contributed by atoms with E-state index in [9.17, 15) is 19.7 Å². The number of nitrogens with two attached hydrogens (primary N) is 1. The summed E-state index contributed by atoms with van der Waals surface area (Å²) in [6.07, 6.45) is 1.31. The number of benzene rings is 1. The number of ether oxygens (including phenoxy) is 1. The minimum absolute atomic E-state index is 0.0706. The summed E-state index contributed by atoms with van der Waals surface area (Å²) in [6, 6.07) is 4.45. The van der Waals surface area contributed by atoms with Crippen molar-refractivity contribution in [2.75, 3.05) is 37.0 Å². The number of urea groups is 1. The molecule has 3 N–H and O–H groups in total. The molecule has 148 valence electrons. The number of rotatable bonds is 9. The van der Waals surface area contributed by atoms with Crippen molar-refractivity contribution in [3.8, 4) is 0 Å². The van der Waals surface area contributed by atoms with E-state index in [4.69, 9.17) is 5.73 Å². The maximum atomic E-state index is 12.3. The van der Waals surface area contributed by atoms with Crippen molar-refractivity contribution in [2.24, 2.45) is 5.73 Å². The number of nitrogens with zero attached hydrogens (tertiary/aromatic N) is 3. The minimum Gasteiger partial charge on any atom is -0.450 e. The van der Waals surface area contributed by atoms with Crippen LogP contribution in [0.25, 0.3) is 0 Å². The van der Waals surface area contributed by atoms with E-state index in [2.05, 4.69) is 10.1 Å². The molecule has 0 aliphatic carbocycles. The first-order chi connectivity index (χ1) is 12.8. The van der Waals surface area contributed by atoms with E-state index in [0.29, 0.717) is 37.3 Å². The summed E-state index contributed by atoms with van der Waals surface area (Å²) in [4.78, 5) is 37.0. The monoisotopic (exact) mass is 379 g/mol. The van der Waals surface area contributed by atoms with Crippen molar-refractivity contribution in [3.63, 3.8) is 0 Å². The fourth-order valence-corrected chi connectivity index (χ4v) is 2.97. The number of anilines is 2. The lowest BCUT2D eigenvalue weighted by Gasteiger charge is -2.23. The van der Waals surface area contributed by atoms with E-state index in [1.165, 1.54) is 6.07 Å². The molecule has 3 amide bonds. The van der Waals surface area contributed by atoms with Gasteiger partial charge in [0.1, 0.15) is 5.69 Å². The van der Waals surface area contributed by atoms with Crippen LogP contribution >= 0.6 is 0 Å². The van der Waals surface area contributed by atoms with Gasteiger partial charge in [0.15, 0.2) is 0 Å². The Morgan fingerprint density at radius 3 is 2.74 bits per heavy atom. The second kappa shape index (κ2) is 9.06. The van der Waals surface area contributed by atoms with Gasteiger partial charge in [-0.05, 0) is 32.3 Å². The number of nitrogens with one attached hydrogen (secondary N) is 1. The first-order valence-corrected chi connectivity index (χ1v) is 8.80. The zero-order chi connectivity index (χ0) is 20.0. The maximum absolute atomic E-state index is 12.3. The van der Waals surface area contributed by atoms with Crippen LogP contribution in [0.3, 0.4) is 0 Å². The van der Waals surface area contributed by atoms with Gasteiger partial charge in [-0.25, -0.2) is 9.59 Å². The molecule has 1 saturated heterocycles. The van der Waals surface area contributed by atoms with Crippen molar-refractivity contribution < 1.29 is 19.2 Å². The largest absolute Gasteiger partial charge is 0.450 e. The van der Waals surface area contributed by atoms with Crippen LogP contribution in [0.5, 0.6) is 0 Å². The Kier molecular flexibility index (Phi) is 6.80. The van der Waals surface area contributed by atoms with Crippen LogP contribution in [0.15, 0.2) is 18.2 Å². The van der Waals surface area contributed by atoms with Crippen LogP contribution in [0.4, 0.5) is 26.7 Å². The molecule has 0 radical (unpaired) electrons. The fraction of sp³-hybridized carbons (Fsp3) is 0.529. The summed E-state index contributed by atoms with van der Waals surface area (Å²) < 4.78 is 4.68. The van der Waals surface area contributed by atoms with Crippen molar-refractivity contribution in [1.29, 1.82) is 0 Å². The molecule has 0 unspecified atom stereocenters. The molecule has 0 spiro atoms. The van der Waals surface area contributed by atoms with E-state index >= 15 is 0 Å². The third kappa shape index (κ3) is 5.22. The van der Waals surface area contributed by atoms with Gasteiger partial charge in [0.2, 0.25) is 0 Å². The Morgan fingerprint density at radius 2 is 2.15 bits per heavy atom. The van der Waals surface area contributed by atoms with Crippen molar-refractivity contribution >= 4 is 29.2 Å². The lowest BCUT2D eigenvalue weighted by Crippen LogP contribution is -2.30. The van der Waals surface area contributed by atoms with Crippen LogP contribution < -0.4 is 16.0 Å². The SMILES string of the molecule is C[C@H](CCCCOC(N)=O)Nc1c(N2CCN(C)C2=O)cccc1[N+](=O)[O-]. The highest BCUT2D eigenvalue weighted by molar-refractivity contribution is 5.99. The molecule has 0 saturated carbocycles. The van der Waals surface area contributed by atoms with Gasteiger partial charge in [-0.2, -0.15) is 0 Å². The smallest absolute Gasteiger partial charge is 0.404 e. The molecule has 1 aromatic rings. The van der Waals surface area contributed by atoms with Gasteiger partial charge in [0, 0.05) is 32.2 Å². The standard InChI is InChI=1S/C17H25N5O5/c1-12(6-3-4-11-27-16(18)23)19-15-13(7-5-8-14(15)22(25)26)21-10-9-20(2)17(21)24/h5,7-8,12,19H,3-4,6,9-11H2,1-2H3,(H2,18,23)/t12-/m1/s1. The van der Waals surface area contributed by atoms with Gasteiger partial charge in [-0.3, -0.25) is 15.0 Å². The van der Waals surface area contributed by atoms with Crippen LogP contribution in [-0.2, 0) is 4.74 Å². The Hall–Kier alpha value is -3.04. The number of hydrogen-bond acceptors (Lipinski definition) is 6. The highest BCUT2D eigenvalue weighted by Crippen LogP contribution is 2.37. The predicted octanol–water partition coefficient (Wildman–Crippen LogP) is 2.53. The molecule has 1 atom stereocenters. The number of amides is 3. The molecular formula is C17H25N5O5. The van der Waals surface area contributed by atoms with Gasteiger partial charge in [0.05, 0.1) is 17.2 Å². The first-order valence-electron chi connectivity index (χ1n) is 8.80. The van der Waals surface area contributed by atoms with E-state index < -0.39 is 11.0 Å². The Morgan fingerprint density at radius 1 is 1.41 bits per heavy atom. The molecule has 1 fully saturated rings. The highest BCUT2D eigenvalue weighted by Gasteiger charge is 2.31. The molecule has 0 aromatic heterocycles. The average molecular weight is 379 g/mol. The number of hydrogen-bond donors (Lipinski definition) is 2. The molecule has 1 aliphatic heterocycles. The molecule has 1 heterocycles. The molecule has 27 heavy (non-hydrogen) atoms. The molecule has 0 bridgehead atoms. The number of primary amides is 1. The molecule has 10 nitrogen and oxygen atoms in total. The molecular weight excluding hydrogens is 354 g/mol. The summed E-state index contributed by atoms with van der Waals surface area (Å²) in [5.74, 6) is 0. The van der Waals surface area contributed by atoms with Gasteiger partial charge in [-0.15, -0.1) is 0 Å². The third-order valence-corrected chi connectivity index (χ3v) is 4.39. The first kappa shape index (κ1) is 20.3. The van der Waals surface area contributed by atoms with E-state index in [0.717, 1.165) is 6.42 Å². The zero-order valence-corrected chi connectivity index (χ0v) is 15.5. The summed E-state index contributed by atoms with van der Waals surface area (Å²) in [6.45, 7) is 3.20. The van der Waals surface area contributed by atoms with Crippen LogP contribution in [0.2, 0.25) is 0 Å². The fourth-order valence-electron chi connectivity index (χ4n) is 2.97. The number of likely N-dealkylation sites (N-methyl/N-ethyl adjacent to an activating group) is 1. The zero-order valence-electron chi connectivity index (χ0n) is 15.5. The normalized spacial score (nSPS) is 15.0. The van der Waals surface area contributed by atoms with Crippen molar-refractivity contribution in [1.82, 2.24) is 4.90 Å². The molecule has 10 heteroatoms. The van der Waals surface area contributed by atoms with E-state index in [1.807, 2.05) is 6.92 Å². The molecule has 1 aliphatic rings. The predicted molar refractivity (Wildman–Crippen MR) is 101 cm³/mol. The number of nitro benzene ring substituents is 1. The third-order valence-electron chi connectivity index (χ3n) is 4.39. The lowest BCUT2D eigenvalue weighted by atomic mass is 10.1. The molecule has 1 aromatic carbocycles. The van der Waals surface area contributed by atoms with Gasteiger partial charge in [-0.1, -0.05) is 6.07 Å². The number of nitro groups is 1. The van der Waals surface area contributed by atoms with Gasteiger partial charge < -0.3 is 20.7 Å². The Balaban J connectivity index is 2.10. The van der Waals surface area contributed by atoms with Crippen molar-refractivity contribution in [2.45, 2.75) is 32.2 Å². The summed E-state index contributed by atoms with van der Waals surface area (Å²) in [5, 5.41) is 14.7. The van der Waals surface area contributed by atoms with Crippen LogP contribution in [0.1, 0.15) is 26.2 Å². The van der Waals surface area contributed by atoms with Crippen molar-refractivity contribution in [3.05, 3.63) is 28.3 Å².